The average molecular weight is 540 g/mol. The molecule has 1 fully saturated rings. The lowest BCUT2D eigenvalue weighted by Crippen LogP contribution is -2.43. The molecule has 0 spiro atoms. The number of hydrazine groups is 1. The van der Waals surface area contributed by atoms with Crippen LogP contribution in [0.1, 0.15) is 16.8 Å². The summed E-state index contributed by atoms with van der Waals surface area (Å²) in [6.45, 7) is -0.721. The van der Waals surface area contributed by atoms with Gasteiger partial charge in [-0.3, -0.25) is 39.7 Å². The second-order valence-corrected chi connectivity index (χ2v) is 8.25. The number of amides is 3. The lowest BCUT2D eigenvalue weighted by atomic mass is 10.1. The van der Waals surface area contributed by atoms with Gasteiger partial charge in [-0.2, -0.15) is 0 Å². The Kier molecular flexibility index (Phi) is 7.61. The van der Waals surface area contributed by atoms with E-state index in [4.69, 9.17) is 16.3 Å². The number of non-ortho nitro benzene ring substituents is 1. The number of nitrogens with zero attached hydrogens (tertiary/aromatic N) is 2. The smallest absolute Gasteiger partial charge is 0.311 e. The van der Waals surface area contributed by atoms with E-state index in [-0.39, 0.29) is 24.2 Å². The van der Waals surface area contributed by atoms with Crippen LogP contribution in [0.3, 0.4) is 0 Å². The zero-order valence-electron chi connectivity index (χ0n) is 16.7. The molecule has 33 heavy (non-hydrogen) atoms. The quantitative estimate of drug-likeness (QED) is 0.312. The van der Waals surface area contributed by atoms with Gasteiger partial charge in [0.05, 0.1) is 28.1 Å². The van der Waals surface area contributed by atoms with Crippen LogP contribution < -0.4 is 10.7 Å². The largest absolute Gasteiger partial charge is 0.455 e. The zero-order chi connectivity index (χ0) is 24.1. The summed E-state index contributed by atoms with van der Waals surface area (Å²) in [6, 6.07) is 9.66. The molecule has 2 aromatic rings. The Morgan fingerprint density at radius 2 is 1.91 bits per heavy atom. The molecule has 1 heterocycles. The van der Waals surface area contributed by atoms with Crippen molar-refractivity contribution in [3.8, 4) is 0 Å². The third-order valence-electron chi connectivity index (χ3n) is 4.59. The number of benzene rings is 2. The zero-order valence-corrected chi connectivity index (χ0v) is 19.1. The van der Waals surface area contributed by atoms with Crippen LogP contribution in [0, 0.1) is 16.0 Å². The molecule has 172 valence electrons. The van der Waals surface area contributed by atoms with Crippen LogP contribution in [0.5, 0.6) is 0 Å². The van der Waals surface area contributed by atoms with Gasteiger partial charge in [-0.05, 0) is 30.3 Å². The Labute approximate surface area is 200 Å². The SMILES string of the molecule is O=C(COC(=O)[C@H]1CC(=O)N(NC(=O)c2ccc([N+](=O)[O-])cc2)C1)Nc1ccc(Br)cc1Cl. The lowest BCUT2D eigenvalue weighted by Gasteiger charge is -2.17. The van der Waals surface area contributed by atoms with E-state index in [0.29, 0.717) is 10.7 Å². The Morgan fingerprint density at radius 1 is 1.21 bits per heavy atom. The maximum absolute atomic E-state index is 12.3. The molecule has 2 N–H and O–H groups in total. The van der Waals surface area contributed by atoms with E-state index < -0.39 is 41.1 Å². The summed E-state index contributed by atoms with van der Waals surface area (Å²) in [5.41, 5.74) is 2.62. The van der Waals surface area contributed by atoms with Crippen LogP contribution in [-0.2, 0) is 19.1 Å². The molecular weight excluding hydrogens is 524 g/mol. The third-order valence-corrected chi connectivity index (χ3v) is 5.39. The number of rotatable bonds is 7. The van der Waals surface area contributed by atoms with Gasteiger partial charge in [0, 0.05) is 28.6 Å². The monoisotopic (exact) mass is 538 g/mol. The van der Waals surface area contributed by atoms with Gasteiger partial charge in [0.2, 0.25) is 5.91 Å². The maximum Gasteiger partial charge on any atom is 0.311 e. The molecule has 0 aliphatic carbocycles. The van der Waals surface area contributed by atoms with Crippen LogP contribution in [0.4, 0.5) is 11.4 Å². The number of carbonyl (C=O) groups is 4. The predicted octanol–water partition coefficient (Wildman–Crippen LogP) is 2.69. The third kappa shape index (κ3) is 6.26. The summed E-state index contributed by atoms with van der Waals surface area (Å²) >= 11 is 9.27. The van der Waals surface area contributed by atoms with Gasteiger partial charge in [0.1, 0.15) is 0 Å². The van der Waals surface area contributed by atoms with E-state index in [1.54, 1.807) is 18.2 Å². The van der Waals surface area contributed by atoms with Crippen molar-refractivity contribution >= 4 is 62.6 Å². The van der Waals surface area contributed by atoms with Crippen molar-refractivity contribution in [2.75, 3.05) is 18.5 Å². The van der Waals surface area contributed by atoms with Crippen LogP contribution in [0.15, 0.2) is 46.9 Å². The number of carbonyl (C=O) groups excluding carboxylic acids is 4. The molecule has 0 aromatic heterocycles. The minimum absolute atomic E-state index is 0.0997. The number of esters is 1. The lowest BCUT2D eigenvalue weighted by molar-refractivity contribution is -0.384. The molecule has 0 bridgehead atoms. The fourth-order valence-corrected chi connectivity index (χ4v) is 3.65. The highest BCUT2D eigenvalue weighted by molar-refractivity contribution is 9.10. The molecule has 1 aliphatic heterocycles. The van der Waals surface area contributed by atoms with Gasteiger partial charge in [0.15, 0.2) is 6.61 Å². The summed E-state index contributed by atoms with van der Waals surface area (Å²) < 4.78 is 5.72. The molecule has 3 amide bonds. The van der Waals surface area contributed by atoms with E-state index in [0.717, 1.165) is 21.6 Å². The average Bonchev–Trinajstić information content (AvgIpc) is 3.14. The first-order valence-electron chi connectivity index (χ1n) is 9.41. The summed E-state index contributed by atoms with van der Waals surface area (Å²) in [4.78, 5) is 58.8. The fourth-order valence-electron chi connectivity index (χ4n) is 2.93. The topological polar surface area (TPSA) is 148 Å². The second-order valence-electron chi connectivity index (χ2n) is 6.93. The number of nitro groups is 1. The van der Waals surface area contributed by atoms with Crippen molar-refractivity contribution in [3.05, 3.63) is 67.6 Å². The molecule has 1 aliphatic rings. The molecule has 0 radical (unpaired) electrons. The molecule has 0 unspecified atom stereocenters. The molecule has 2 aromatic carbocycles. The van der Waals surface area contributed by atoms with Crippen LogP contribution >= 0.6 is 27.5 Å². The van der Waals surface area contributed by atoms with E-state index in [9.17, 15) is 29.3 Å². The molecule has 0 saturated carbocycles. The number of nitrogens with one attached hydrogen (secondary N) is 2. The molecular formula is C20H16BrClN4O7. The fraction of sp³-hybridized carbons (Fsp3) is 0.200. The molecule has 13 heteroatoms. The highest BCUT2D eigenvalue weighted by atomic mass is 79.9. The van der Waals surface area contributed by atoms with E-state index in [2.05, 4.69) is 26.7 Å². The first-order valence-corrected chi connectivity index (χ1v) is 10.6. The molecule has 1 saturated heterocycles. The first-order chi connectivity index (χ1) is 15.6. The highest BCUT2D eigenvalue weighted by Crippen LogP contribution is 2.25. The van der Waals surface area contributed by atoms with E-state index in [1.807, 2.05) is 0 Å². The summed E-state index contributed by atoms with van der Waals surface area (Å²) in [6.07, 6.45) is -0.209. The van der Waals surface area contributed by atoms with Crippen molar-refractivity contribution in [2.24, 2.45) is 5.92 Å². The van der Waals surface area contributed by atoms with Crippen molar-refractivity contribution in [1.29, 1.82) is 0 Å². The summed E-state index contributed by atoms with van der Waals surface area (Å²) in [5, 5.41) is 14.5. The van der Waals surface area contributed by atoms with Crippen molar-refractivity contribution in [2.45, 2.75) is 6.42 Å². The first kappa shape index (κ1) is 24.1. The minimum Gasteiger partial charge on any atom is -0.455 e. The highest BCUT2D eigenvalue weighted by Gasteiger charge is 2.36. The maximum atomic E-state index is 12.3. The van der Waals surface area contributed by atoms with Gasteiger partial charge >= 0.3 is 5.97 Å². The van der Waals surface area contributed by atoms with Gasteiger partial charge in [-0.1, -0.05) is 27.5 Å². The van der Waals surface area contributed by atoms with Crippen molar-refractivity contribution in [3.63, 3.8) is 0 Å². The molecule has 11 nitrogen and oxygen atoms in total. The number of nitro benzene ring substituents is 1. The number of halogens is 2. The summed E-state index contributed by atoms with van der Waals surface area (Å²) in [7, 11) is 0. The van der Waals surface area contributed by atoms with E-state index in [1.165, 1.54) is 12.1 Å². The Hall–Kier alpha value is -3.51. The van der Waals surface area contributed by atoms with Crippen molar-refractivity contribution in [1.82, 2.24) is 10.4 Å². The van der Waals surface area contributed by atoms with Crippen molar-refractivity contribution < 1.29 is 28.8 Å². The predicted molar refractivity (Wildman–Crippen MR) is 119 cm³/mol. The number of ether oxygens (including phenoxy) is 1. The Balaban J connectivity index is 1.49. The van der Waals surface area contributed by atoms with Crippen LogP contribution in [0.2, 0.25) is 5.02 Å². The Morgan fingerprint density at radius 3 is 2.55 bits per heavy atom. The standard InChI is InChI=1S/C20H16BrClN4O7/c21-13-3-6-16(15(22)8-13)23-17(27)10-33-20(30)12-7-18(28)25(9-12)24-19(29)11-1-4-14(5-2-11)26(31)32/h1-6,8,12H,7,9-10H2,(H,23,27)(H,24,29)/t12-/m0/s1. The second kappa shape index (κ2) is 10.4. The van der Waals surface area contributed by atoms with Gasteiger partial charge in [-0.25, -0.2) is 0 Å². The van der Waals surface area contributed by atoms with Gasteiger partial charge in [0.25, 0.3) is 17.5 Å². The van der Waals surface area contributed by atoms with Crippen LogP contribution in [0.25, 0.3) is 0 Å². The van der Waals surface area contributed by atoms with Crippen LogP contribution in [-0.4, -0.2) is 46.8 Å². The number of hydrogen-bond donors (Lipinski definition) is 2. The van der Waals surface area contributed by atoms with Gasteiger partial charge in [-0.15, -0.1) is 0 Å². The summed E-state index contributed by atoms with van der Waals surface area (Å²) in [5.74, 6) is -3.44. The normalized spacial score (nSPS) is 15.2. The van der Waals surface area contributed by atoms with Gasteiger partial charge < -0.3 is 10.1 Å². The Bertz CT molecular complexity index is 1130. The number of hydrogen-bond acceptors (Lipinski definition) is 7. The number of anilines is 1. The molecule has 1 atom stereocenters. The minimum atomic E-state index is -0.876. The van der Waals surface area contributed by atoms with E-state index >= 15 is 0 Å². The molecule has 3 rings (SSSR count).